The number of nitrogens with zero attached hydrogens (tertiary/aromatic N) is 1. The number of hydrogen-bond acceptors (Lipinski definition) is 3. The zero-order valence-electron chi connectivity index (χ0n) is 20.5. The van der Waals surface area contributed by atoms with Crippen molar-refractivity contribution in [3.05, 3.63) is 101 Å². The van der Waals surface area contributed by atoms with E-state index in [0.29, 0.717) is 17.7 Å². The fraction of sp³-hybridized carbons (Fsp3) is 0.310. The molecule has 0 spiro atoms. The van der Waals surface area contributed by atoms with Crippen LogP contribution in [0.1, 0.15) is 37.0 Å². The minimum atomic E-state index is -0.834. The number of amides is 2. The average Bonchev–Trinajstić information content (AvgIpc) is 2.87. The first-order valence-corrected chi connectivity index (χ1v) is 11.9. The maximum atomic E-state index is 14.6. The first kappa shape index (κ1) is 25.9. The molecule has 1 N–H and O–H groups in total. The van der Waals surface area contributed by atoms with Crippen LogP contribution in [0.15, 0.2) is 78.9 Å². The largest absolute Gasteiger partial charge is 0.484 e. The smallest absolute Gasteiger partial charge is 0.261 e. The number of para-hydroxylation sites is 1. The Bertz CT molecular complexity index is 1120. The lowest BCUT2D eigenvalue weighted by Crippen LogP contribution is -2.53. The van der Waals surface area contributed by atoms with Crippen LogP contribution in [-0.4, -0.2) is 35.4 Å². The number of nitrogens with one attached hydrogen (secondary N) is 1. The number of benzene rings is 3. The summed E-state index contributed by atoms with van der Waals surface area (Å²) in [5, 5.41) is 3.00. The van der Waals surface area contributed by atoms with Crippen molar-refractivity contribution in [3.8, 4) is 5.75 Å². The van der Waals surface area contributed by atoms with Crippen molar-refractivity contribution >= 4 is 11.8 Å². The Morgan fingerprint density at radius 1 is 0.971 bits per heavy atom. The summed E-state index contributed by atoms with van der Waals surface area (Å²) in [5.74, 6) is -0.498. The summed E-state index contributed by atoms with van der Waals surface area (Å²) in [5.41, 5.74) is 2.14. The molecule has 3 aromatic rings. The Balaban J connectivity index is 1.93. The topological polar surface area (TPSA) is 58.6 Å². The number of carbonyl (C=O) groups is 2. The van der Waals surface area contributed by atoms with Gasteiger partial charge >= 0.3 is 0 Å². The summed E-state index contributed by atoms with van der Waals surface area (Å²) in [6.45, 7) is 5.49. The van der Waals surface area contributed by atoms with E-state index >= 15 is 0 Å². The average molecular weight is 477 g/mol. The molecule has 0 aliphatic carbocycles. The van der Waals surface area contributed by atoms with E-state index in [1.807, 2.05) is 69.3 Å². The molecular formula is C29H33FN2O3. The Morgan fingerprint density at radius 3 is 2.31 bits per heavy atom. The SMILES string of the molecule is CCC(C)NC(=O)C(Cc1ccccc1)N(Cc1ccccc1F)C(=O)COc1ccccc1C. The van der Waals surface area contributed by atoms with Gasteiger partial charge in [0.15, 0.2) is 6.61 Å². The molecule has 2 atom stereocenters. The van der Waals surface area contributed by atoms with Crippen LogP contribution in [-0.2, 0) is 22.6 Å². The van der Waals surface area contributed by atoms with E-state index in [9.17, 15) is 14.0 Å². The van der Waals surface area contributed by atoms with Crippen molar-refractivity contribution in [2.75, 3.05) is 6.61 Å². The molecule has 0 aromatic heterocycles. The molecule has 5 nitrogen and oxygen atoms in total. The number of halogens is 1. The van der Waals surface area contributed by atoms with E-state index in [1.165, 1.54) is 11.0 Å². The molecule has 3 aromatic carbocycles. The van der Waals surface area contributed by atoms with Crippen molar-refractivity contribution < 1.29 is 18.7 Å². The van der Waals surface area contributed by atoms with Gasteiger partial charge in [0.1, 0.15) is 17.6 Å². The van der Waals surface area contributed by atoms with Gasteiger partial charge in [-0.05, 0) is 43.5 Å². The number of rotatable bonds is 11. The quantitative estimate of drug-likeness (QED) is 0.421. The van der Waals surface area contributed by atoms with E-state index in [0.717, 1.165) is 17.5 Å². The van der Waals surface area contributed by atoms with E-state index in [4.69, 9.17) is 4.74 Å². The third-order valence-corrected chi connectivity index (χ3v) is 6.02. The summed E-state index contributed by atoms with van der Waals surface area (Å²) < 4.78 is 20.4. The zero-order chi connectivity index (χ0) is 25.2. The molecule has 0 saturated carbocycles. The highest BCUT2D eigenvalue weighted by atomic mass is 19.1. The van der Waals surface area contributed by atoms with Gasteiger partial charge in [0.05, 0.1) is 0 Å². The number of carbonyl (C=O) groups excluding carboxylic acids is 2. The minimum absolute atomic E-state index is 0.0476. The maximum absolute atomic E-state index is 14.6. The lowest BCUT2D eigenvalue weighted by atomic mass is 10.0. The number of ether oxygens (including phenoxy) is 1. The van der Waals surface area contributed by atoms with Crippen LogP contribution in [0.2, 0.25) is 0 Å². The second-order valence-corrected chi connectivity index (χ2v) is 8.69. The maximum Gasteiger partial charge on any atom is 0.261 e. The molecule has 0 heterocycles. The minimum Gasteiger partial charge on any atom is -0.484 e. The fourth-order valence-corrected chi connectivity index (χ4v) is 3.75. The van der Waals surface area contributed by atoms with Gasteiger partial charge in [-0.1, -0.05) is 73.7 Å². The number of aryl methyl sites for hydroxylation is 1. The molecule has 0 bridgehead atoms. The molecule has 2 amide bonds. The lowest BCUT2D eigenvalue weighted by Gasteiger charge is -2.32. The van der Waals surface area contributed by atoms with Crippen LogP contribution in [0.25, 0.3) is 0 Å². The molecule has 2 unspecified atom stereocenters. The Morgan fingerprint density at radius 2 is 1.63 bits per heavy atom. The van der Waals surface area contributed by atoms with Crippen LogP contribution in [0, 0.1) is 12.7 Å². The number of hydrogen-bond donors (Lipinski definition) is 1. The first-order valence-electron chi connectivity index (χ1n) is 11.9. The Labute approximate surface area is 206 Å². The molecule has 0 saturated heterocycles. The Hall–Kier alpha value is -3.67. The molecule has 184 valence electrons. The van der Waals surface area contributed by atoms with E-state index in [1.54, 1.807) is 24.3 Å². The second-order valence-electron chi connectivity index (χ2n) is 8.69. The summed E-state index contributed by atoms with van der Waals surface area (Å²) in [7, 11) is 0. The van der Waals surface area contributed by atoms with Crippen molar-refractivity contribution in [1.29, 1.82) is 0 Å². The van der Waals surface area contributed by atoms with Crippen molar-refractivity contribution in [1.82, 2.24) is 10.2 Å². The monoisotopic (exact) mass is 476 g/mol. The first-order chi connectivity index (χ1) is 16.9. The third-order valence-electron chi connectivity index (χ3n) is 6.02. The third kappa shape index (κ3) is 7.41. The molecule has 3 rings (SSSR count). The molecule has 35 heavy (non-hydrogen) atoms. The van der Waals surface area contributed by atoms with Crippen molar-refractivity contribution in [2.24, 2.45) is 0 Å². The van der Waals surface area contributed by atoms with Gasteiger partial charge in [-0.15, -0.1) is 0 Å². The molecule has 6 heteroatoms. The Kier molecular flexibility index (Phi) is 9.41. The van der Waals surface area contributed by atoms with Gasteiger partial charge in [0.25, 0.3) is 5.91 Å². The van der Waals surface area contributed by atoms with Crippen molar-refractivity contribution in [3.63, 3.8) is 0 Å². The van der Waals surface area contributed by atoms with E-state index in [-0.39, 0.29) is 25.1 Å². The predicted octanol–water partition coefficient (Wildman–Crippen LogP) is 5.07. The highest BCUT2D eigenvalue weighted by Gasteiger charge is 2.31. The van der Waals surface area contributed by atoms with Gasteiger partial charge < -0.3 is 15.0 Å². The highest BCUT2D eigenvalue weighted by Crippen LogP contribution is 2.19. The molecule has 0 fully saturated rings. The molecular weight excluding hydrogens is 443 g/mol. The van der Waals surface area contributed by atoms with Crippen LogP contribution in [0.5, 0.6) is 5.75 Å². The second kappa shape index (κ2) is 12.7. The standard InChI is InChI=1S/C29H33FN2O3/c1-4-22(3)31-29(34)26(18-23-13-6-5-7-14-23)32(19-24-15-9-10-16-25(24)30)28(33)20-35-27-17-11-8-12-21(27)2/h5-17,22,26H,4,18-20H2,1-3H3,(H,31,34). The fourth-order valence-electron chi connectivity index (χ4n) is 3.75. The summed E-state index contributed by atoms with van der Waals surface area (Å²) >= 11 is 0. The van der Waals surface area contributed by atoms with Gasteiger partial charge in [-0.2, -0.15) is 0 Å². The van der Waals surface area contributed by atoms with Gasteiger partial charge in [0, 0.05) is 24.6 Å². The molecule has 0 aliphatic heterocycles. The van der Waals surface area contributed by atoms with Gasteiger partial charge in [-0.3, -0.25) is 9.59 Å². The molecule has 0 aliphatic rings. The predicted molar refractivity (Wildman–Crippen MR) is 135 cm³/mol. The highest BCUT2D eigenvalue weighted by molar-refractivity contribution is 5.88. The lowest BCUT2D eigenvalue weighted by molar-refractivity contribution is -0.143. The van der Waals surface area contributed by atoms with Crippen LogP contribution in [0.4, 0.5) is 4.39 Å². The zero-order valence-corrected chi connectivity index (χ0v) is 20.5. The van der Waals surface area contributed by atoms with Crippen LogP contribution >= 0.6 is 0 Å². The van der Waals surface area contributed by atoms with E-state index < -0.39 is 17.8 Å². The molecule has 0 radical (unpaired) electrons. The summed E-state index contributed by atoms with van der Waals surface area (Å²) in [4.78, 5) is 28.4. The van der Waals surface area contributed by atoms with Gasteiger partial charge in [-0.25, -0.2) is 4.39 Å². The van der Waals surface area contributed by atoms with Crippen LogP contribution < -0.4 is 10.1 Å². The summed E-state index contributed by atoms with van der Waals surface area (Å²) in [6.07, 6.45) is 1.05. The summed E-state index contributed by atoms with van der Waals surface area (Å²) in [6, 6.07) is 22.3. The normalized spacial score (nSPS) is 12.5. The van der Waals surface area contributed by atoms with Gasteiger partial charge in [0.2, 0.25) is 5.91 Å². The van der Waals surface area contributed by atoms with E-state index in [2.05, 4.69) is 5.32 Å². The van der Waals surface area contributed by atoms with Crippen LogP contribution in [0.3, 0.4) is 0 Å². The van der Waals surface area contributed by atoms with Crippen molar-refractivity contribution in [2.45, 2.75) is 52.2 Å².